The van der Waals surface area contributed by atoms with Crippen molar-refractivity contribution in [1.29, 1.82) is 0 Å². The zero-order valence-electron chi connectivity index (χ0n) is 5.29. The van der Waals surface area contributed by atoms with Gasteiger partial charge in [0.2, 0.25) is 11.0 Å². The molecule has 0 aliphatic rings. The van der Waals surface area contributed by atoms with Crippen molar-refractivity contribution in [2.45, 2.75) is 0 Å². The lowest BCUT2D eigenvalue weighted by Crippen LogP contribution is -1.91. The van der Waals surface area contributed by atoms with E-state index in [0.29, 0.717) is 0 Å². The molecular weight excluding hydrogens is 152 g/mol. The number of carbonyl (C=O) groups is 1. The molecule has 0 atom stereocenters. The summed E-state index contributed by atoms with van der Waals surface area (Å²) in [5.74, 6) is -0.237. The Morgan fingerprint density at radius 2 is 2.60 bits per heavy atom. The van der Waals surface area contributed by atoms with Crippen LogP contribution in [0.2, 0.25) is 0 Å². The standard InChI is InChI=1S/C5H6N2O2S/c1-10-5(9)3-4(8)7-2-6-3/h2,8H,1H3,(H,6,7). The Morgan fingerprint density at radius 1 is 1.90 bits per heavy atom. The molecule has 0 unspecified atom stereocenters. The van der Waals surface area contributed by atoms with Crippen LogP contribution in [-0.4, -0.2) is 26.4 Å². The van der Waals surface area contributed by atoms with Crippen LogP contribution < -0.4 is 0 Å². The molecule has 0 aliphatic carbocycles. The molecule has 5 heteroatoms. The number of nitrogens with zero attached hydrogens (tertiary/aromatic N) is 1. The van der Waals surface area contributed by atoms with E-state index in [0.717, 1.165) is 11.8 Å². The number of thioether (sulfide) groups is 1. The van der Waals surface area contributed by atoms with Crippen LogP contribution in [0.4, 0.5) is 0 Å². The van der Waals surface area contributed by atoms with Crippen LogP contribution in [0.3, 0.4) is 0 Å². The van der Waals surface area contributed by atoms with Crippen molar-refractivity contribution in [3.05, 3.63) is 12.0 Å². The number of hydrogen-bond donors (Lipinski definition) is 2. The van der Waals surface area contributed by atoms with E-state index in [2.05, 4.69) is 9.97 Å². The fraction of sp³-hybridized carbons (Fsp3) is 0.200. The summed E-state index contributed by atoms with van der Waals surface area (Å²) in [5, 5.41) is 8.66. The van der Waals surface area contributed by atoms with E-state index in [1.165, 1.54) is 6.33 Å². The fourth-order valence-electron chi connectivity index (χ4n) is 0.539. The summed E-state index contributed by atoms with van der Waals surface area (Å²) in [6.07, 6.45) is 2.92. The van der Waals surface area contributed by atoms with Crippen LogP contribution in [0, 0.1) is 0 Å². The van der Waals surface area contributed by atoms with Gasteiger partial charge in [-0.05, 0) is 6.26 Å². The van der Waals surface area contributed by atoms with Crippen LogP contribution in [0.15, 0.2) is 6.33 Å². The van der Waals surface area contributed by atoms with Gasteiger partial charge in [-0.3, -0.25) is 4.79 Å². The number of rotatable bonds is 1. The van der Waals surface area contributed by atoms with Crippen LogP contribution in [0.1, 0.15) is 10.5 Å². The number of H-pyrrole nitrogens is 1. The van der Waals surface area contributed by atoms with Crippen molar-refractivity contribution < 1.29 is 9.90 Å². The number of aromatic amines is 1. The van der Waals surface area contributed by atoms with Crippen molar-refractivity contribution in [2.75, 3.05) is 6.26 Å². The Hall–Kier alpha value is -0.970. The Kier molecular flexibility index (Phi) is 1.96. The van der Waals surface area contributed by atoms with Gasteiger partial charge in [-0.15, -0.1) is 0 Å². The smallest absolute Gasteiger partial charge is 0.241 e. The monoisotopic (exact) mass is 158 g/mol. The average Bonchev–Trinajstić information content (AvgIpc) is 2.34. The maximum atomic E-state index is 10.8. The van der Waals surface area contributed by atoms with E-state index < -0.39 is 0 Å². The molecule has 0 radical (unpaired) electrons. The van der Waals surface area contributed by atoms with Gasteiger partial charge in [-0.2, -0.15) is 0 Å². The lowest BCUT2D eigenvalue weighted by atomic mass is 10.5. The van der Waals surface area contributed by atoms with E-state index in [-0.39, 0.29) is 16.7 Å². The van der Waals surface area contributed by atoms with Crippen molar-refractivity contribution in [3.63, 3.8) is 0 Å². The minimum Gasteiger partial charge on any atom is -0.492 e. The minimum atomic E-state index is -0.237. The molecule has 1 heterocycles. The number of carbonyl (C=O) groups excluding carboxylic acids is 1. The molecule has 1 aromatic heterocycles. The topological polar surface area (TPSA) is 66.0 Å². The second-order valence-electron chi connectivity index (χ2n) is 1.59. The third kappa shape index (κ3) is 1.13. The van der Waals surface area contributed by atoms with E-state index in [9.17, 15) is 4.79 Å². The van der Waals surface area contributed by atoms with Crippen molar-refractivity contribution in [3.8, 4) is 5.88 Å². The van der Waals surface area contributed by atoms with Crippen LogP contribution in [-0.2, 0) is 0 Å². The Morgan fingerprint density at radius 3 is 3.00 bits per heavy atom. The van der Waals surface area contributed by atoms with Gasteiger partial charge in [0, 0.05) is 0 Å². The number of imidazole rings is 1. The summed E-state index contributed by atoms with van der Waals surface area (Å²) in [6, 6.07) is 0. The van der Waals surface area contributed by atoms with Gasteiger partial charge in [0.1, 0.15) is 0 Å². The summed E-state index contributed by atoms with van der Waals surface area (Å²) in [7, 11) is 0. The first kappa shape index (κ1) is 7.14. The van der Waals surface area contributed by atoms with Crippen LogP contribution in [0.5, 0.6) is 5.88 Å². The Labute approximate surface area is 61.7 Å². The molecule has 0 bridgehead atoms. The predicted molar refractivity (Wildman–Crippen MR) is 38.1 cm³/mol. The molecule has 0 spiro atoms. The maximum Gasteiger partial charge on any atom is 0.241 e. The normalized spacial score (nSPS) is 9.70. The number of nitrogens with one attached hydrogen (secondary N) is 1. The first-order valence-electron chi connectivity index (χ1n) is 2.56. The van der Waals surface area contributed by atoms with Crippen LogP contribution >= 0.6 is 11.8 Å². The molecule has 4 nitrogen and oxygen atoms in total. The molecular formula is C5H6N2O2S. The van der Waals surface area contributed by atoms with Gasteiger partial charge in [0.15, 0.2) is 5.69 Å². The largest absolute Gasteiger partial charge is 0.492 e. The van der Waals surface area contributed by atoms with Gasteiger partial charge in [0.25, 0.3) is 0 Å². The summed E-state index contributed by atoms with van der Waals surface area (Å²) >= 11 is 1.03. The predicted octanol–water partition coefficient (Wildman–Crippen LogP) is 0.618. The first-order valence-corrected chi connectivity index (χ1v) is 3.79. The average molecular weight is 158 g/mol. The van der Waals surface area contributed by atoms with E-state index in [1.807, 2.05) is 0 Å². The first-order chi connectivity index (χ1) is 4.75. The van der Waals surface area contributed by atoms with Crippen molar-refractivity contribution in [1.82, 2.24) is 9.97 Å². The van der Waals surface area contributed by atoms with Crippen LogP contribution in [0.25, 0.3) is 0 Å². The minimum absolute atomic E-state index is 0.160. The quantitative estimate of drug-likeness (QED) is 0.628. The summed E-state index contributed by atoms with van der Waals surface area (Å²) in [6.45, 7) is 0. The molecule has 2 N–H and O–H groups in total. The lowest BCUT2D eigenvalue weighted by Gasteiger charge is -1.89. The van der Waals surface area contributed by atoms with Gasteiger partial charge in [-0.25, -0.2) is 4.98 Å². The molecule has 0 fully saturated rings. The highest BCUT2D eigenvalue weighted by atomic mass is 32.2. The van der Waals surface area contributed by atoms with Crippen molar-refractivity contribution >= 4 is 16.9 Å². The SMILES string of the molecule is CSC(=O)c1[nH]cnc1O. The van der Waals surface area contributed by atoms with E-state index >= 15 is 0 Å². The third-order valence-corrected chi connectivity index (χ3v) is 1.58. The zero-order valence-corrected chi connectivity index (χ0v) is 6.10. The molecule has 0 aromatic carbocycles. The molecule has 0 saturated heterocycles. The molecule has 1 aromatic rings. The highest BCUT2D eigenvalue weighted by molar-refractivity contribution is 8.13. The fourth-order valence-corrected chi connectivity index (χ4v) is 0.894. The van der Waals surface area contributed by atoms with Gasteiger partial charge >= 0.3 is 0 Å². The molecule has 0 amide bonds. The second-order valence-corrected chi connectivity index (χ2v) is 2.37. The summed E-state index contributed by atoms with van der Waals surface area (Å²) < 4.78 is 0. The second kappa shape index (κ2) is 2.74. The maximum absolute atomic E-state index is 10.8. The lowest BCUT2D eigenvalue weighted by molar-refractivity contribution is 0.108. The molecule has 54 valence electrons. The third-order valence-electron chi connectivity index (χ3n) is 1.01. The van der Waals surface area contributed by atoms with E-state index in [1.54, 1.807) is 6.26 Å². The van der Waals surface area contributed by atoms with Crippen molar-refractivity contribution in [2.24, 2.45) is 0 Å². The highest BCUT2D eigenvalue weighted by Gasteiger charge is 2.10. The molecule has 10 heavy (non-hydrogen) atoms. The Bertz CT molecular complexity index is 246. The number of aromatic hydroxyl groups is 1. The molecule has 0 saturated carbocycles. The van der Waals surface area contributed by atoms with Gasteiger partial charge in [0.05, 0.1) is 6.33 Å². The highest BCUT2D eigenvalue weighted by Crippen LogP contribution is 2.15. The summed E-state index contributed by atoms with van der Waals surface area (Å²) in [5.41, 5.74) is 0.160. The Balaban J connectivity index is 2.93. The van der Waals surface area contributed by atoms with E-state index in [4.69, 9.17) is 5.11 Å². The zero-order chi connectivity index (χ0) is 7.56. The number of aromatic nitrogens is 2. The number of hydrogen-bond acceptors (Lipinski definition) is 4. The van der Waals surface area contributed by atoms with Gasteiger partial charge < -0.3 is 10.1 Å². The molecule has 1 rings (SSSR count). The molecule has 0 aliphatic heterocycles. The summed E-state index contributed by atoms with van der Waals surface area (Å²) in [4.78, 5) is 16.8. The van der Waals surface area contributed by atoms with Gasteiger partial charge in [-0.1, -0.05) is 11.8 Å².